The number of carbonyl (C=O) groups excluding carboxylic acids is 1. The van der Waals surface area contributed by atoms with Gasteiger partial charge in [0.25, 0.3) is 0 Å². The standard InChI is InChI=1S/C22H20N2O3S/c1-3-14-27-19-9-4-16(5-10-19)6-13-21(25)24-22-23-20(15-28-22)17-7-11-18(26-2)12-8-17/h3-13,15H,1,14H2,2H3,(H,23,24,25). The quantitative estimate of drug-likeness (QED) is 0.431. The lowest BCUT2D eigenvalue weighted by Gasteiger charge is -2.02. The molecule has 0 bridgehead atoms. The Morgan fingerprint density at radius 1 is 1.14 bits per heavy atom. The summed E-state index contributed by atoms with van der Waals surface area (Å²) < 4.78 is 10.6. The van der Waals surface area contributed by atoms with Crippen LogP contribution in [0.15, 0.2) is 72.6 Å². The first-order chi connectivity index (χ1) is 13.7. The molecular weight excluding hydrogens is 372 g/mol. The van der Waals surface area contributed by atoms with Gasteiger partial charge >= 0.3 is 0 Å². The van der Waals surface area contributed by atoms with Gasteiger partial charge in [-0.2, -0.15) is 0 Å². The summed E-state index contributed by atoms with van der Waals surface area (Å²) in [6, 6.07) is 15.1. The van der Waals surface area contributed by atoms with Gasteiger partial charge < -0.3 is 9.47 Å². The predicted octanol–water partition coefficient (Wildman–Crippen LogP) is 5.04. The van der Waals surface area contributed by atoms with Crippen molar-refractivity contribution >= 4 is 28.5 Å². The first-order valence-corrected chi connectivity index (χ1v) is 9.48. The first kappa shape index (κ1) is 19.4. The number of aromatic nitrogens is 1. The Balaban J connectivity index is 1.58. The summed E-state index contributed by atoms with van der Waals surface area (Å²) in [6.45, 7) is 4.07. The Morgan fingerprint density at radius 2 is 1.86 bits per heavy atom. The van der Waals surface area contributed by atoms with Crippen LogP contribution in [0, 0.1) is 0 Å². The second kappa shape index (κ2) is 9.53. The molecule has 0 fully saturated rings. The Bertz CT molecular complexity index is 960. The van der Waals surface area contributed by atoms with Gasteiger partial charge in [-0.05, 0) is 48.0 Å². The van der Waals surface area contributed by atoms with Crippen LogP contribution in [-0.4, -0.2) is 24.6 Å². The summed E-state index contributed by atoms with van der Waals surface area (Å²) >= 11 is 1.38. The maximum atomic E-state index is 12.1. The van der Waals surface area contributed by atoms with E-state index in [1.165, 1.54) is 17.4 Å². The first-order valence-electron chi connectivity index (χ1n) is 8.60. The highest BCUT2D eigenvalue weighted by Gasteiger charge is 2.06. The molecular formula is C22H20N2O3S. The lowest BCUT2D eigenvalue weighted by Crippen LogP contribution is -2.07. The van der Waals surface area contributed by atoms with Crippen molar-refractivity contribution in [2.45, 2.75) is 0 Å². The van der Waals surface area contributed by atoms with Crippen molar-refractivity contribution < 1.29 is 14.3 Å². The normalized spacial score (nSPS) is 10.6. The van der Waals surface area contributed by atoms with Crippen molar-refractivity contribution in [1.29, 1.82) is 0 Å². The fourth-order valence-electron chi connectivity index (χ4n) is 2.37. The number of rotatable bonds is 8. The van der Waals surface area contributed by atoms with Gasteiger partial charge in [0.15, 0.2) is 5.13 Å². The molecule has 0 atom stereocenters. The lowest BCUT2D eigenvalue weighted by molar-refractivity contribution is -0.111. The van der Waals surface area contributed by atoms with Crippen molar-refractivity contribution in [3.8, 4) is 22.8 Å². The minimum absolute atomic E-state index is 0.234. The fourth-order valence-corrected chi connectivity index (χ4v) is 3.10. The Morgan fingerprint density at radius 3 is 2.54 bits per heavy atom. The Kier molecular flexibility index (Phi) is 6.59. The molecule has 28 heavy (non-hydrogen) atoms. The van der Waals surface area contributed by atoms with E-state index in [0.717, 1.165) is 28.3 Å². The van der Waals surface area contributed by atoms with Crippen LogP contribution in [0.5, 0.6) is 11.5 Å². The number of nitrogens with zero attached hydrogens (tertiary/aromatic N) is 1. The second-order valence-electron chi connectivity index (χ2n) is 5.76. The lowest BCUT2D eigenvalue weighted by atomic mass is 10.2. The van der Waals surface area contributed by atoms with Crippen molar-refractivity contribution in [3.05, 3.63) is 78.2 Å². The molecule has 0 aliphatic rings. The highest BCUT2D eigenvalue weighted by Crippen LogP contribution is 2.26. The number of amides is 1. The molecule has 0 unspecified atom stereocenters. The van der Waals surface area contributed by atoms with Gasteiger partial charge in [0, 0.05) is 17.0 Å². The number of carbonyl (C=O) groups is 1. The van der Waals surface area contributed by atoms with Crippen molar-refractivity contribution in [3.63, 3.8) is 0 Å². The predicted molar refractivity (Wildman–Crippen MR) is 114 cm³/mol. The third kappa shape index (κ3) is 5.31. The van der Waals surface area contributed by atoms with Crippen molar-refractivity contribution in [2.24, 2.45) is 0 Å². The van der Waals surface area contributed by atoms with Gasteiger partial charge in [-0.15, -0.1) is 11.3 Å². The SMILES string of the molecule is C=CCOc1ccc(C=CC(=O)Nc2nc(-c3ccc(OC)cc3)cs2)cc1. The smallest absolute Gasteiger partial charge is 0.250 e. The molecule has 5 nitrogen and oxygen atoms in total. The molecule has 1 aromatic heterocycles. The Hall–Kier alpha value is -3.38. The summed E-state index contributed by atoms with van der Waals surface area (Å²) in [5.74, 6) is 1.32. The van der Waals surface area contributed by atoms with Gasteiger partial charge in [0.2, 0.25) is 5.91 Å². The zero-order valence-corrected chi connectivity index (χ0v) is 16.2. The number of nitrogens with one attached hydrogen (secondary N) is 1. The number of benzene rings is 2. The average Bonchev–Trinajstić information content (AvgIpc) is 3.20. The molecule has 142 valence electrons. The molecule has 2 aromatic carbocycles. The topological polar surface area (TPSA) is 60.5 Å². The number of hydrogen-bond donors (Lipinski definition) is 1. The van der Waals surface area contributed by atoms with E-state index in [0.29, 0.717) is 11.7 Å². The summed E-state index contributed by atoms with van der Waals surface area (Å²) in [7, 11) is 1.63. The zero-order chi connectivity index (χ0) is 19.8. The second-order valence-corrected chi connectivity index (χ2v) is 6.62. The number of anilines is 1. The van der Waals surface area contributed by atoms with E-state index in [2.05, 4.69) is 16.9 Å². The van der Waals surface area contributed by atoms with Crippen LogP contribution < -0.4 is 14.8 Å². The number of hydrogen-bond acceptors (Lipinski definition) is 5. The van der Waals surface area contributed by atoms with Crippen LogP contribution in [0.1, 0.15) is 5.56 Å². The van der Waals surface area contributed by atoms with Crippen LogP contribution in [0.2, 0.25) is 0 Å². The van der Waals surface area contributed by atoms with E-state index >= 15 is 0 Å². The maximum Gasteiger partial charge on any atom is 0.250 e. The van der Waals surface area contributed by atoms with E-state index in [1.54, 1.807) is 19.3 Å². The number of thiazole rings is 1. The molecule has 0 aliphatic carbocycles. The van der Waals surface area contributed by atoms with E-state index in [-0.39, 0.29) is 5.91 Å². The molecule has 1 heterocycles. The summed E-state index contributed by atoms with van der Waals surface area (Å²) in [5.41, 5.74) is 2.67. The highest BCUT2D eigenvalue weighted by atomic mass is 32.1. The maximum absolute atomic E-state index is 12.1. The Labute approximate surface area is 168 Å². The van der Waals surface area contributed by atoms with Crippen LogP contribution in [0.3, 0.4) is 0 Å². The summed E-state index contributed by atoms with van der Waals surface area (Å²) in [6.07, 6.45) is 4.91. The molecule has 3 aromatic rings. The molecule has 1 amide bonds. The van der Waals surface area contributed by atoms with Crippen molar-refractivity contribution in [1.82, 2.24) is 4.98 Å². The van der Waals surface area contributed by atoms with Crippen LogP contribution >= 0.6 is 11.3 Å². The van der Waals surface area contributed by atoms with Crippen LogP contribution in [-0.2, 0) is 4.79 Å². The van der Waals surface area contributed by atoms with E-state index in [1.807, 2.05) is 53.9 Å². The van der Waals surface area contributed by atoms with Gasteiger partial charge in [-0.3, -0.25) is 10.1 Å². The van der Waals surface area contributed by atoms with Gasteiger partial charge in [0.1, 0.15) is 18.1 Å². The highest BCUT2D eigenvalue weighted by molar-refractivity contribution is 7.14. The minimum Gasteiger partial charge on any atom is -0.497 e. The zero-order valence-electron chi connectivity index (χ0n) is 15.4. The molecule has 3 rings (SSSR count). The fraction of sp³-hybridized carbons (Fsp3) is 0.0909. The van der Waals surface area contributed by atoms with E-state index in [9.17, 15) is 4.79 Å². The summed E-state index contributed by atoms with van der Waals surface area (Å²) in [4.78, 5) is 16.6. The van der Waals surface area contributed by atoms with Crippen LogP contribution in [0.25, 0.3) is 17.3 Å². The molecule has 0 radical (unpaired) electrons. The molecule has 0 saturated carbocycles. The number of ether oxygens (including phenoxy) is 2. The van der Waals surface area contributed by atoms with Gasteiger partial charge in [-0.25, -0.2) is 4.98 Å². The largest absolute Gasteiger partial charge is 0.497 e. The van der Waals surface area contributed by atoms with Gasteiger partial charge in [0.05, 0.1) is 12.8 Å². The molecule has 0 spiro atoms. The third-order valence-corrected chi connectivity index (χ3v) is 4.55. The van der Waals surface area contributed by atoms with Crippen LogP contribution in [0.4, 0.5) is 5.13 Å². The molecule has 0 saturated heterocycles. The van der Waals surface area contributed by atoms with E-state index in [4.69, 9.17) is 9.47 Å². The molecule has 6 heteroatoms. The molecule has 0 aliphatic heterocycles. The van der Waals surface area contributed by atoms with E-state index < -0.39 is 0 Å². The van der Waals surface area contributed by atoms with Gasteiger partial charge in [-0.1, -0.05) is 24.8 Å². The van der Waals surface area contributed by atoms with Crippen molar-refractivity contribution in [2.75, 3.05) is 19.0 Å². The average molecular weight is 392 g/mol. The number of methoxy groups -OCH3 is 1. The molecule has 1 N–H and O–H groups in total. The summed E-state index contributed by atoms with van der Waals surface area (Å²) in [5, 5.41) is 5.24. The monoisotopic (exact) mass is 392 g/mol. The minimum atomic E-state index is -0.234. The third-order valence-electron chi connectivity index (χ3n) is 3.80.